The fraction of sp³-hybridized carbons (Fsp3) is 0.167. The first kappa shape index (κ1) is 22.2. The molecule has 3 N–H and O–H groups in total. The average molecular weight is 454 g/mol. The second kappa shape index (κ2) is 9.57. The van der Waals surface area contributed by atoms with Crippen LogP contribution in [0.4, 0.5) is 30.6 Å². The van der Waals surface area contributed by atoms with Gasteiger partial charge in [-0.25, -0.2) is 18.1 Å². The summed E-state index contributed by atoms with van der Waals surface area (Å²) in [6, 6.07) is 13.1. The third-order valence-corrected chi connectivity index (χ3v) is 5.17. The highest BCUT2D eigenvalue weighted by atomic mass is 32.2. The number of nitrogens with one attached hydrogen (secondary N) is 3. The molecule has 0 amide bonds. The minimum Gasteiger partial charge on any atom is -0.404 e. The van der Waals surface area contributed by atoms with Gasteiger partial charge in [0.05, 0.1) is 0 Å². The second-order valence-corrected chi connectivity index (χ2v) is 7.70. The molecular formula is C18H17F3N6O3S. The molecule has 0 spiro atoms. The number of alkyl halides is 3. The van der Waals surface area contributed by atoms with Crippen molar-refractivity contribution in [3.05, 3.63) is 60.8 Å². The van der Waals surface area contributed by atoms with Crippen LogP contribution < -0.4 is 20.1 Å². The van der Waals surface area contributed by atoms with Crippen LogP contribution in [0.25, 0.3) is 0 Å². The predicted molar refractivity (Wildman–Crippen MR) is 106 cm³/mol. The molecule has 0 aliphatic heterocycles. The van der Waals surface area contributed by atoms with Crippen molar-refractivity contribution in [3.8, 4) is 5.75 Å². The van der Waals surface area contributed by atoms with Gasteiger partial charge in [-0.3, -0.25) is 0 Å². The number of para-hydroxylation sites is 1. The SMILES string of the molecule is O=S(=O)(NCCNc1ccc(Nc2ccccn2)nn1)c1ccccc1OC(F)(F)F. The molecule has 0 bridgehead atoms. The molecule has 1 aromatic carbocycles. The van der Waals surface area contributed by atoms with E-state index in [1.54, 1.807) is 30.5 Å². The highest BCUT2D eigenvalue weighted by Gasteiger charge is 2.33. The number of pyridine rings is 1. The van der Waals surface area contributed by atoms with E-state index >= 15 is 0 Å². The fourth-order valence-corrected chi connectivity index (χ4v) is 3.55. The van der Waals surface area contributed by atoms with E-state index in [0.29, 0.717) is 17.5 Å². The van der Waals surface area contributed by atoms with Crippen LogP contribution in [0, 0.1) is 0 Å². The molecule has 0 radical (unpaired) electrons. The topological polar surface area (TPSA) is 118 Å². The van der Waals surface area contributed by atoms with Crippen LogP contribution in [0.15, 0.2) is 65.7 Å². The van der Waals surface area contributed by atoms with Crippen molar-refractivity contribution in [3.63, 3.8) is 0 Å². The maximum atomic E-state index is 12.5. The van der Waals surface area contributed by atoms with E-state index in [0.717, 1.165) is 12.1 Å². The van der Waals surface area contributed by atoms with Gasteiger partial charge in [-0.05, 0) is 36.4 Å². The molecule has 3 aromatic rings. The summed E-state index contributed by atoms with van der Waals surface area (Å²) < 4.78 is 68.1. The van der Waals surface area contributed by atoms with Crippen LogP contribution in [-0.2, 0) is 10.0 Å². The van der Waals surface area contributed by atoms with Gasteiger partial charge in [0.1, 0.15) is 22.3 Å². The Hall–Kier alpha value is -3.45. The molecule has 0 aliphatic carbocycles. The van der Waals surface area contributed by atoms with E-state index in [2.05, 4.69) is 35.3 Å². The van der Waals surface area contributed by atoms with Gasteiger partial charge in [-0.2, -0.15) is 0 Å². The van der Waals surface area contributed by atoms with E-state index in [1.807, 2.05) is 6.07 Å². The first-order valence-corrected chi connectivity index (χ1v) is 10.3. The summed E-state index contributed by atoms with van der Waals surface area (Å²) in [5.74, 6) is 0.636. The third-order valence-electron chi connectivity index (χ3n) is 3.67. The zero-order chi connectivity index (χ0) is 22.3. The molecule has 0 saturated carbocycles. The molecule has 13 heteroatoms. The Morgan fingerprint density at radius 3 is 2.26 bits per heavy atom. The Labute approximate surface area is 175 Å². The van der Waals surface area contributed by atoms with Crippen molar-refractivity contribution in [2.24, 2.45) is 0 Å². The largest absolute Gasteiger partial charge is 0.573 e. The summed E-state index contributed by atoms with van der Waals surface area (Å²) in [7, 11) is -4.23. The Kier molecular flexibility index (Phi) is 6.87. The zero-order valence-electron chi connectivity index (χ0n) is 15.8. The highest BCUT2D eigenvalue weighted by Crippen LogP contribution is 2.29. The molecule has 9 nitrogen and oxygen atoms in total. The van der Waals surface area contributed by atoms with Crippen LogP contribution in [0.2, 0.25) is 0 Å². The highest BCUT2D eigenvalue weighted by molar-refractivity contribution is 7.89. The number of hydrogen-bond donors (Lipinski definition) is 3. The van der Waals surface area contributed by atoms with Gasteiger partial charge in [0, 0.05) is 19.3 Å². The lowest BCUT2D eigenvalue weighted by Gasteiger charge is -2.14. The third kappa shape index (κ3) is 6.79. The van der Waals surface area contributed by atoms with Gasteiger partial charge in [-0.1, -0.05) is 18.2 Å². The van der Waals surface area contributed by atoms with Crippen molar-refractivity contribution >= 4 is 27.5 Å². The molecule has 3 rings (SSSR count). The van der Waals surface area contributed by atoms with Crippen LogP contribution in [0.3, 0.4) is 0 Å². The summed E-state index contributed by atoms with van der Waals surface area (Å²) in [6.45, 7) is 0.00151. The number of hydrogen-bond acceptors (Lipinski definition) is 8. The van der Waals surface area contributed by atoms with Gasteiger partial charge in [-0.15, -0.1) is 23.4 Å². The lowest BCUT2D eigenvalue weighted by molar-refractivity contribution is -0.275. The normalized spacial score (nSPS) is 11.7. The Morgan fingerprint density at radius 1 is 0.871 bits per heavy atom. The van der Waals surface area contributed by atoms with Gasteiger partial charge in [0.2, 0.25) is 10.0 Å². The van der Waals surface area contributed by atoms with Crippen LogP contribution >= 0.6 is 0 Å². The average Bonchev–Trinajstić information content (AvgIpc) is 2.72. The quantitative estimate of drug-likeness (QED) is 0.423. The summed E-state index contributed by atoms with van der Waals surface area (Å²) in [6.07, 6.45) is -3.39. The van der Waals surface area contributed by atoms with Gasteiger partial charge >= 0.3 is 6.36 Å². The second-order valence-electron chi connectivity index (χ2n) is 5.96. The number of aromatic nitrogens is 3. The molecule has 2 heterocycles. The van der Waals surface area contributed by atoms with Gasteiger partial charge in [0.15, 0.2) is 5.82 Å². The maximum absolute atomic E-state index is 12.5. The molecule has 0 saturated heterocycles. The van der Waals surface area contributed by atoms with Crippen molar-refractivity contribution in [2.75, 3.05) is 23.7 Å². The van der Waals surface area contributed by atoms with Crippen LogP contribution in [0.5, 0.6) is 5.75 Å². The molecule has 0 unspecified atom stereocenters. The van der Waals surface area contributed by atoms with Gasteiger partial charge in [0.25, 0.3) is 0 Å². The summed E-state index contributed by atoms with van der Waals surface area (Å²) in [5.41, 5.74) is 0. The standard InChI is InChI=1S/C18H17F3N6O3S/c19-18(20,21)30-13-5-1-2-6-14(13)31(28,29)24-12-11-23-16-8-9-17(27-26-16)25-15-7-3-4-10-22-15/h1-10,24H,11-12H2,(H,23,26)(H,22,25,27). The molecule has 0 aliphatic rings. The van der Waals surface area contributed by atoms with Gasteiger partial charge < -0.3 is 15.4 Å². The van der Waals surface area contributed by atoms with E-state index in [4.69, 9.17) is 0 Å². The smallest absolute Gasteiger partial charge is 0.404 e. The Bertz CT molecular complexity index is 1100. The summed E-state index contributed by atoms with van der Waals surface area (Å²) >= 11 is 0. The minimum absolute atomic E-state index is 0.113. The van der Waals surface area contributed by atoms with Crippen molar-refractivity contribution in [1.82, 2.24) is 19.9 Å². The van der Waals surface area contributed by atoms with Crippen LogP contribution in [0.1, 0.15) is 0 Å². The van der Waals surface area contributed by atoms with Crippen LogP contribution in [-0.4, -0.2) is 43.1 Å². The van der Waals surface area contributed by atoms with Crippen molar-refractivity contribution in [1.29, 1.82) is 0 Å². The lowest BCUT2D eigenvalue weighted by atomic mass is 10.3. The molecule has 0 atom stereocenters. The summed E-state index contributed by atoms with van der Waals surface area (Å²) in [4.78, 5) is 3.49. The number of benzene rings is 1. The first-order chi connectivity index (χ1) is 14.7. The van der Waals surface area contributed by atoms with Crippen molar-refractivity contribution in [2.45, 2.75) is 11.3 Å². The Balaban J connectivity index is 1.52. The fourth-order valence-electron chi connectivity index (χ4n) is 2.40. The number of nitrogens with zero attached hydrogens (tertiary/aromatic N) is 3. The first-order valence-electron chi connectivity index (χ1n) is 8.83. The molecule has 2 aromatic heterocycles. The monoisotopic (exact) mass is 454 g/mol. The minimum atomic E-state index is -5.01. The lowest BCUT2D eigenvalue weighted by Crippen LogP contribution is -2.30. The maximum Gasteiger partial charge on any atom is 0.573 e. The number of ether oxygens (including phenoxy) is 1. The molecule has 0 fully saturated rings. The zero-order valence-corrected chi connectivity index (χ0v) is 16.6. The van der Waals surface area contributed by atoms with Crippen molar-refractivity contribution < 1.29 is 26.3 Å². The summed E-state index contributed by atoms with van der Waals surface area (Å²) in [5, 5.41) is 13.7. The molecule has 31 heavy (non-hydrogen) atoms. The number of sulfonamides is 1. The molecular weight excluding hydrogens is 437 g/mol. The number of halogens is 3. The Morgan fingerprint density at radius 2 is 1.58 bits per heavy atom. The number of rotatable bonds is 9. The molecule has 164 valence electrons. The van der Waals surface area contributed by atoms with E-state index in [1.165, 1.54) is 12.1 Å². The number of anilines is 3. The predicted octanol–water partition coefficient (Wildman–Crippen LogP) is 2.90. The van der Waals surface area contributed by atoms with E-state index < -0.39 is 27.0 Å². The van der Waals surface area contributed by atoms with E-state index in [9.17, 15) is 21.6 Å². The van der Waals surface area contributed by atoms with E-state index in [-0.39, 0.29) is 13.1 Å².